The van der Waals surface area contributed by atoms with Gasteiger partial charge in [-0.05, 0) is 18.3 Å². The molecule has 1 aliphatic carbocycles. The molecule has 15 heavy (non-hydrogen) atoms. The monoisotopic (exact) mass is 211 g/mol. The molecule has 2 unspecified atom stereocenters. The van der Waals surface area contributed by atoms with Crippen molar-refractivity contribution in [3.8, 4) is 0 Å². The standard InChI is InChI=1S/C11H17NO3/c1-8-4-10(11-6-15-7-11)5-9(8)2-3-12(13)14/h4,8-9,11H,2-3,5-7H2,1H3. The first-order valence-electron chi connectivity index (χ1n) is 5.57. The van der Waals surface area contributed by atoms with Gasteiger partial charge in [-0.15, -0.1) is 0 Å². The Morgan fingerprint density at radius 1 is 1.60 bits per heavy atom. The Morgan fingerprint density at radius 2 is 2.33 bits per heavy atom. The molecule has 1 fully saturated rings. The summed E-state index contributed by atoms with van der Waals surface area (Å²) in [6.45, 7) is 3.97. The molecule has 0 bridgehead atoms. The fourth-order valence-corrected chi connectivity index (χ4v) is 2.42. The second-order valence-electron chi connectivity index (χ2n) is 4.64. The van der Waals surface area contributed by atoms with E-state index in [9.17, 15) is 10.1 Å². The normalized spacial score (nSPS) is 31.1. The zero-order valence-corrected chi connectivity index (χ0v) is 9.02. The quantitative estimate of drug-likeness (QED) is 0.405. The highest BCUT2D eigenvalue weighted by atomic mass is 16.6. The molecule has 0 N–H and O–H groups in total. The van der Waals surface area contributed by atoms with Crippen molar-refractivity contribution in [1.29, 1.82) is 0 Å². The highest BCUT2D eigenvalue weighted by Gasteiger charge is 2.32. The number of nitro groups is 1. The Morgan fingerprint density at radius 3 is 2.87 bits per heavy atom. The summed E-state index contributed by atoms with van der Waals surface area (Å²) in [5.74, 6) is 1.58. The predicted molar refractivity (Wildman–Crippen MR) is 56.1 cm³/mol. The predicted octanol–water partition coefficient (Wildman–Crippen LogP) is 1.88. The Labute approximate surface area is 89.5 Å². The molecule has 0 amide bonds. The lowest BCUT2D eigenvalue weighted by atomic mass is 9.91. The van der Waals surface area contributed by atoms with Crippen LogP contribution in [0, 0.1) is 27.9 Å². The minimum Gasteiger partial charge on any atom is -0.380 e. The number of ether oxygens (including phenoxy) is 1. The molecule has 2 aliphatic rings. The summed E-state index contributed by atoms with van der Waals surface area (Å²) in [6, 6.07) is 0. The maximum Gasteiger partial charge on any atom is 0.204 e. The van der Waals surface area contributed by atoms with Gasteiger partial charge in [-0.2, -0.15) is 0 Å². The Balaban J connectivity index is 1.83. The average Bonchev–Trinajstić information content (AvgIpc) is 2.40. The molecule has 2 rings (SSSR count). The maximum absolute atomic E-state index is 10.3. The Hall–Kier alpha value is -0.900. The third-order valence-electron chi connectivity index (χ3n) is 3.56. The summed E-state index contributed by atoms with van der Waals surface area (Å²) in [4.78, 5) is 10.1. The van der Waals surface area contributed by atoms with Crippen LogP contribution in [0.4, 0.5) is 0 Å². The van der Waals surface area contributed by atoms with Crippen LogP contribution >= 0.6 is 0 Å². The first-order valence-corrected chi connectivity index (χ1v) is 5.57. The van der Waals surface area contributed by atoms with E-state index in [1.165, 1.54) is 5.57 Å². The second-order valence-corrected chi connectivity index (χ2v) is 4.64. The van der Waals surface area contributed by atoms with Gasteiger partial charge in [0.15, 0.2) is 0 Å². The molecule has 2 atom stereocenters. The van der Waals surface area contributed by atoms with Crippen molar-refractivity contribution >= 4 is 0 Å². The van der Waals surface area contributed by atoms with Crippen molar-refractivity contribution in [3.05, 3.63) is 21.8 Å². The smallest absolute Gasteiger partial charge is 0.204 e. The summed E-state index contributed by atoms with van der Waals surface area (Å²) in [5, 5.41) is 10.3. The minimum absolute atomic E-state index is 0.108. The summed E-state index contributed by atoms with van der Waals surface area (Å²) < 4.78 is 5.17. The van der Waals surface area contributed by atoms with E-state index in [1.54, 1.807) is 0 Å². The maximum atomic E-state index is 10.3. The molecular formula is C11H17NO3. The van der Waals surface area contributed by atoms with Crippen LogP contribution in [0.25, 0.3) is 0 Å². The van der Waals surface area contributed by atoms with Gasteiger partial charge in [0, 0.05) is 17.3 Å². The molecule has 1 heterocycles. The molecule has 1 aliphatic heterocycles. The van der Waals surface area contributed by atoms with Gasteiger partial charge >= 0.3 is 0 Å². The van der Waals surface area contributed by atoms with Gasteiger partial charge in [0.25, 0.3) is 0 Å². The van der Waals surface area contributed by atoms with E-state index in [0.717, 1.165) is 19.6 Å². The molecule has 4 heteroatoms. The fourth-order valence-electron chi connectivity index (χ4n) is 2.42. The minimum atomic E-state index is -0.211. The highest BCUT2D eigenvalue weighted by Crippen LogP contribution is 2.38. The van der Waals surface area contributed by atoms with Gasteiger partial charge in [-0.3, -0.25) is 10.1 Å². The Bertz CT molecular complexity index is 284. The zero-order chi connectivity index (χ0) is 10.8. The lowest BCUT2D eigenvalue weighted by Gasteiger charge is -2.27. The number of rotatable bonds is 4. The lowest BCUT2D eigenvalue weighted by Crippen LogP contribution is -2.28. The molecule has 84 valence electrons. The van der Waals surface area contributed by atoms with Gasteiger partial charge in [0.1, 0.15) is 0 Å². The highest BCUT2D eigenvalue weighted by molar-refractivity contribution is 5.17. The van der Waals surface area contributed by atoms with E-state index in [-0.39, 0.29) is 11.5 Å². The van der Waals surface area contributed by atoms with E-state index < -0.39 is 0 Å². The van der Waals surface area contributed by atoms with E-state index in [4.69, 9.17) is 4.74 Å². The third-order valence-corrected chi connectivity index (χ3v) is 3.56. The van der Waals surface area contributed by atoms with Crippen molar-refractivity contribution in [2.75, 3.05) is 19.8 Å². The largest absolute Gasteiger partial charge is 0.380 e. The van der Waals surface area contributed by atoms with E-state index >= 15 is 0 Å². The van der Waals surface area contributed by atoms with Crippen molar-refractivity contribution in [2.45, 2.75) is 19.8 Å². The van der Waals surface area contributed by atoms with Gasteiger partial charge in [-0.1, -0.05) is 18.6 Å². The number of hydrogen-bond donors (Lipinski definition) is 0. The Kier molecular flexibility index (Phi) is 3.05. The van der Waals surface area contributed by atoms with Crippen LogP contribution in [-0.4, -0.2) is 24.7 Å². The van der Waals surface area contributed by atoms with Crippen LogP contribution in [-0.2, 0) is 4.74 Å². The van der Waals surface area contributed by atoms with Crippen molar-refractivity contribution < 1.29 is 9.66 Å². The van der Waals surface area contributed by atoms with Crippen molar-refractivity contribution in [1.82, 2.24) is 0 Å². The van der Waals surface area contributed by atoms with Crippen LogP contribution in [0.3, 0.4) is 0 Å². The zero-order valence-electron chi connectivity index (χ0n) is 9.02. The van der Waals surface area contributed by atoms with Crippen LogP contribution in [0.1, 0.15) is 19.8 Å². The summed E-state index contributed by atoms with van der Waals surface area (Å²) in [5.41, 5.74) is 1.47. The fraction of sp³-hybridized carbons (Fsp3) is 0.818. The SMILES string of the molecule is CC1C=C(C2COC2)CC1CC[N+](=O)[O-]. The average molecular weight is 211 g/mol. The molecule has 0 saturated carbocycles. The van der Waals surface area contributed by atoms with Gasteiger partial charge < -0.3 is 4.74 Å². The first-order chi connectivity index (χ1) is 7.16. The van der Waals surface area contributed by atoms with Crippen molar-refractivity contribution in [3.63, 3.8) is 0 Å². The van der Waals surface area contributed by atoms with Crippen LogP contribution in [0.15, 0.2) is 11.6 Å². The molecule has 0 aromatic carbocycles. The third kappa shape index (κ3) is 2.37. The number of allylic oxidation sites excluding steroid dienone is 1. The second kappa shape index (κ2) is 4.31. The summed E-state index contributed by atoms with van der Waals surface area (Å²) in [6.07, 6.45) is 4.06. The van der Waals surface area contributed by atoms with Gasteiger partial charge in [0.05, 0.1) is 13.2 Å². The topological polar surface area (TPSA) is 52.4 Å². The van der Waals surface area contributed by atoms with E-state index in [0.29, 0.717) is 24.2 Å². The van der Waals surface area contributed by atoms with E-state index in [2.05, 4.69) is 13.0 Å². The molecule has 4 nitrogen and oxygen atoms in total. The lowest BCUT2D eigenvalue weighted by molar-refractivity contribution is -0.481. The van der Waals surface area contributed by atoms with Crippen LogP contribution in [0.5, 0.6) is 0 Å². The van der Waals surface area contributed by atoms with Crippen molar-refractivity contribution in [2.24, 2.45) is 17.8 Å². The molecule has 0 spiro atoms. The summed E-state index contributed by atoms with van der Waals surface area (Å²) >= 11 is 0. The molecule has 0 aromatic rings. The first kappa shape index (κ1) is 10.6. The van der Waals surface area contributed by atoms with Gasteiger partial charge in [0.2, 0.25) is 6.54 Å². The molecule has 1 saturated heterocycles. The summed E-state index contributed by atoms with van der Waals surface area (Å²) in [7, 11) is 0. The number of nitrogens with zero attached hydrogens (tertiary/aromatic N) is 1. The van der Waals surface area contributed by atoms with Crippen LogP contribution in [0.2, 0.25) is 0 Å². The van der Waals surface area contributed by atoms with E-state index in [1.807, 2.05) is 0 Å². The molecular weight excluding hydrogens is 194 g/mol. The number of hydrogen-bond acceptors (Lipinski definition) is 3. The molecule has 0 radical (unpaired) electrons. The molecule has 0 aromatic heterocycles. The van der Waals surface area contributed by atoms with Crippen LogP contribution < -0.4 is 0 Å². The van der Waals surface area contributed by atoms with Gasteiger partial charge in [-0.25, -0.2) is 0 Å².